The molecule has 0 N–H and O–H groups in total. The van der Waals surface area contributed by atoms with Crippen LogP contribution >= 0.6 is 11.8 Å². The molecule has 0 bridgehead atoms. The molecular weight excluding hydrogens is 308 g/mol. The Kier molecular flexibility index (Phi) is 4.22. The van der Waals surface area contributed by atoms with Gasteiger partial charge in [-0.25, -0.2) is 0 Å². The van der Waals surface area contributed by atoms with E-state index in [1.807, 2.05) is 38.2 Å². The molecule has 1 aromatic carbocycles. The summed E-state index contributed by atoms with van der Waals surface area (Å²) in [5.74, 6) is 6.43. The zero-order valence-corrected chi connectivity index (χ0v) is 14.0. The molecule has 0 atom stereocenters. The molecule has 5 nitrogen and oxygen atoms in total. The van der Waals surface area contributed by atoms with Gasteiger partial charge in [0.2, 0.25) is 5.65 Å². The van der Waals surface area contributed by atoms with E-state index in [2.05, 4.69) is 22.0 Å². The summed E-state index contributed by atoms with van der Waals surface area (Å²) in [7, 11) is 0. The van der Waals surface area contributed by atoms with Crippen molar-refractivity contribution in [1.82, 2.24) is 19.2 Å². The molecule has 23 heavy (non-hydrogen) atoms. The molecule has 3 aromatic rings. The summed E-state index contributed by atoms with van der Waals surface area (Å²) in [6.45, 7) is 5.84. The number of hydrogen-bond donors (Lipinski definition) is 0. The molecular formula is C17H16N4OS. The number of aryl methyl sites for hydroxylation is 1. The molecule has 0 fully saturated rings. The normalized spacial score (nSPS) is 10.6. The van der Waals surface area contributed by atoms with Gasteiger partial charge in [0.15, 0.2) is 5.16 Å². The Morgan fingerprint density at radius 3 is 2.83 bits per heavy atom. The Balaban J connectivity index is 2.11. The van der Waals surface area contributed by atoms with Gasteiger partial charge in [-0.1, -0.05) is 29.8 Å². The molecule has 0 spiro atoms. The fourth-order valence-corrected chi connectivity index (χ4v) is 3.05. The maximum absolute atomic E-state index is 12.7. The third-order valence-electron chi connectivity index (χ3n) is 3.73. The molecule has 2 heterocycles. The van der Waals surface area contributed by atoms with Crippen LogP contribution in [0.4, 0.5) is 0 Å². The number of aromatic nitrogens is 4. The van der Waals surface area contributed by atoms with E-state index in [1.165, 1.54) is 11.8 Å². The standard InChI is InChI=1S/C17H16N4OS/c1-4-5-11-23-17-19-18-15-16(22)20(9-10-21(15)17)14-8-6-7-12(2)13(14)3/h6-10H,11H2,1-3H3. The third-order valence-corrected chi connectivity index (χ3v) is 4.55. The zero-order chi connectivity index (χ0) is 16.4. The summed E-state index contributed by atoms with van der Waals surface area (Å²) in [6, 6.07) is 5.91. The van der Waals surface area contributed by atoms with E-state index in [9.17, 15) is 4.79 Å². The number of nitrogens with zero attached hydrogens (tertiary/aromatic N) is 4. The highest BCUT2D eigenvalue weighted by atomic mass is 32.2. The van der Waals surface area contributed by atoms with Gasteiger partial charge < -0.3 is 0 Å². The van der Waals surface area contributed by atoms with Gasteiger partial charge in [0.25, 0.3) is 0 Å². The zero-order valence-electron chi connectivity index (χ0n) is 13.2. The molecule has 0 aliphatic heterocycles. The highest BCUT2D eigenvalue weighted by molar-refractivity contribution is 7.99. The summed E-state index contributed by atoms with van der Waals surface area (Å²) in [6.07, 6.45) is 3.58. The van der Waals surface area contributed by atoms with Crippen molar-refractivity contribution in [3.63, 3.8) is 0 Å². The van der Waals surface area contributed by atoms with Crippen LogP contribution in [0.15, 0.2) is 40.5 Å². The average Bonchev–Trinajstić information content (AvgIpc) is 2.95. The second kappa shape index (κ2) is 6.31. The molecule has 3 rings (SSSR count). The molecule has 0 radical (unpaired) electrons. The smallest absolute Gasteiger partial charge is 0.279 e. The molecule has 0 aliphatic rings. The van der Waals surface area contributed by atoms with Crippen LogP contribution in [-0.2, 0) is 0 Å². The van der Waals surface area contributed by atoms with Crippen LogP contribution in [-0.4, -0.2) is 24.9 Å². The largest absolute Gasteiger partial charge is 0.300 e. The lowest BCUT2D eigenvalue weighted by molar-refractivity contribution is 0.891. The minimum atomic E-state index is -0.179. The fourth-order valence-electron chi connectivity index (χ4n) is 2.32. The van der Waals surface area contributed by atoms with Crippen LogP contribution < -0.4 is 5.56 Å². The predicted molar refractivity (Wildman–Crippen MR) is 92.2 cm³/mol. The first-order valence-electron chi connectivity index (χ1n) is 7.19. The van der Waals surface area contributed by atoms with Crippen LogP contribution in [0.5, 0.6) is 0 Å². The van der Waals surface area contributed by atoms with Crippen molar-refractivity contribution in [3.05, 3.63) is 52.1 Å². The number of hydrogen-bond acceptors (Lipinski definition) is 4. The Labute approximate surface area is 138 Å². The van der Waals surface area contributed by atoms with E-state index in [0.717, 1.165) is 16.8 Å². The number of thioether (sulfide) groups is 1. The molecule has 6 heteroatoms. The van der Waals surface area contributed by atoms with E-state index in [0.29, 0.717) is 16.6 Å². The molecule has 0 saturated carbocycles. The Morgan fingerprint density at radius 2 is 2.04 bits per heavy atom. The van der Waals surface area contributed by atoms with Crippen molar-refractivity contribution < 1.29 is 0 Å². The van der Waals surface area contributed by atoms with E-state index in [-0.39, 0.29) is 5.56 Å². The number of benzene rings is 1. The molecule has 0 saturated heterocycles. The van der Waals surface area contributed by atoms with E-state index < -0.39 is 0 Å². The van der Waals surface area contributed by atoms with Gasteiger partial charge in [0, 0.05) is 12.4 Å². The molecule has 116 valence electrons. The lowest BCUT2D eigenvalue weighted by Gasteiger charge is -2.11. The van der Waals surface area contributed by atoms with Crippen molar-refractivity contribution >= 4 is 17.4 Å². The summed E-state index contributed by atoms with van der Waals surface area (Å²) in [5, 5.41) is 8.82. The quantitative estimate of drug-likeness (QED) is 0.549. The van der Waals surface area contributed by atoms with E-state index in [4.69, 9.17) is 0 Å². The SMILES string of the molecule is CC#CCSc1nnc2c(=O)n(-c3cccc(C)c3C)ccn12. The highest BCUT2D eigenvalue weighted by Gasteiger charge is 2.13. The monoisotopic (exact) mass is 324 g/mol. The van der Waals surface area contributed by atoms with Crippen LogP contribution in [0.3, 0.4) is 0 Å². The van der Waals surface area contributed by atoms with E-state index in [1.54, 1.807) is 22.1 Å². The maximum Gasteiger partial charge on any atom is 0.300 e. The summed E-state index contributed by atoms with van der Waals surface area (Å²) in [5.41, 5.74) is 3.23. The maximum atomic E-state index is 12.7. The summed E-state index contributed by atoms with van der Waals surface area (Å²) in [4.78, 5) is 12.7. The minimum Gasteiger partial charge on any atom is -0.279 e. The highest BCUT2D eigenvalue weighted by Crippen LogP contribution is 2.18. The summed E-state index contributed by atoms with van der Waals surface area (Å²) >= 11 is 1.46. The lowest BCUT2D eigenvalue weighted by atomic mass is 10.1. The van der Waals surface area contributed by atoms with Gasteiger partial charge >= 0.3 is 5.56 Å². The number of fused-ring (bicyclic) bond motifs is 1. The van der Waals surface area contributed by atoms with Crippen LogP contribution in [0, 0.1) is 25.7 Å². The van der Waals surface area contributed by atoms with Crippen molar-refractivity contribution in [3.8, 4) is 17.5 Å². The Morgan fingerprint density at radius 1 is 1.22 bits per heavy atom. The van der Waals surface area contributed by atoms with E-state index >= 15 is 0 Å². The van der Waals surface area contributed by atoms with Gasteiger partial charge in [-0.3, -0.25) is 13.8 Å². The van der Waals surface area contributed by atoms with Crippen molar-refractivity contribution in [2.24, 2.45) is 0 Å². The second-order valence-electron chi connectivity index (χ2n) is 5.08. The van der Waals surface area contributed by atoms with Crippen LogP contribution in [0.1, 0.15) is 18.1 Å². The van der Waals surface area contributed by atoms with Gasteiger partial charge in [0.1, 0.15) is 0 Å². The Hall–Kier alpha value is -2.52. The Bertz CT molecular complexity index is 991. The van der Waals surface area contributed by atoms with Crippen LogP contribution in [0.2, 0.25) is 0 Å². The van der Waals surface area contributed by atoms with Gasteiger partial charge in [0.05, 0.1) is 11.4 Å². The molecule has 0 unspecified atom stereocenters. The average molecular weight is 324 g/mol. The first-order valence-corrected chi connectivity index (χ1v) is 8.17. The van der Waals surface area contributed by atoms with Crippen molar-refractivity contribution in [2.45, 2.75) is 25.9 Å². The van der Waals surface area contributed by atoms with Gasteiger partial charge in [-0.05, 0) is 38.0 Å². The van der Waals surface area contributed by atoms with Gasteiger partial charge in [-0.15, -0.1) is 16.1 Å². The molecule has 2 aromatic heterocycles. The third kappa shape index (κ3) is 2.76. The fraction of sp³-hybridized carbons (Fsp3) is 0.235. The second-order valence-corrected chi connectivity index (χ2v) is 6.03. The van der Waals surface area contributed by atoms with Crippen molar-refractivity contribution in [1.29, 1.82) is 0 Å². The lowest BCUT2D eigenvalue weighted by Crippen LogP contribution is -2.21. The molecule has 0 amide bonds. The predicted octanol–water partition coefficient (Wildman–Crippen LogP) is 2.61. The first kappa shape index (κ1) is 15.4. The topological polar surface area (TPSA) is 52.2 Å². The molecule has 0 aliphatic carbocycles. The van der Waals surface area contributed by atoms with Gasteiger partial charge in [-0.2, -0.15) is 0 Å². The van der Waals surface area contributed by atoms with Crippen LogP contribution in [0.25, 0.3) is 11.3 Å². The first-order chi connectivity index (χ1) is 11.1. The number of rotatable bonds is 3. The van der Waals surface area contributed by atoms with Crippen molar-refractivity contribution in [2.75, 3.05) is 5.75 Å². The summed E-state index contributed by atoms with van der Waals surface area (Å²) < 4.78 is 3.33. The minimum absolute atomic E-state index is 0.179.